The number of aromatic nitrogens is 1. The molecule has 0 spiro atoms. The molecule has 15 heavy (non-hydrogen) atoms. The van der Waals surface area contributed by atoms with Gasteiger partial charge >= 0.3 is 6.18 Å². The van der Waals surface area contributed by atoms with Gasteiger partial charge in [0.05, 0.1) is 18.3 Å². The van der Waals surface area contributed by atoms with E-state index in [1.165, 1.54) is 0 Å². The summed E-state index contributed by atoms with van der Waals surface area (Å²) in [5.41, 5.74) is 1.82. The van der Waals surface area contributed by atoms with Crippen LogP contribution >= 0.6 is 0 Å². The van der Waals surface area contributed by atoms with Gasteiger partial charge in [-0.25, -0.2) is 0 Å². The molecule has 0 fully saturated rings. The molecule has 1 heterocycles. The van der Waals surface area contributed by atoms with Crippen LogP contribution in [-0.4, -0.2) is 17.7 Å². The number of fused-ring (bicyclic) bond motifs is 1. The summed E-state index contributed by atoms with van der Waals surface area (Å²) >= 11 is 0. The maximum absolute atomic E-state index is 12.0. The fourth-order valence-corrected chi connectivity index (χ4v) is 1.85. The molecule has 0 bridgehead atoms. The molecule has 1 unspecified atom stereocenters. The number of nitrogens with one attached hydrogen (secondary N) is 1. The van der Waals surface area contributed by atoms with Gasteiger partial charge in [0.15, 0.2) is 0 Å². The summed E-state index contributed by atoms with van der Waals surface area (Å²) in [5.74, 6) is 0. The van der Waals surface area contributed by atoms with Crippen LogP contribution in [0, 0.1) is 0 Å². The van der Waals surface area contributed by atoms with Crippen molar-refractivity contribution in [1.82, 2.24) is 10.3 Å². The molecule has 82 valence electrons. The maximum Gasteiger partial charge on any atom is 0.401 e. The van der Waals surface area contributed by atoms with E-state index >= 15 is 0 Å². The summed E-state index contributed by atoms with van der Waals surface area (Å²) < 4.78 is 36.0. The van der Waals surface area contributed by atoms with Gasteiger partial charge in [0.1, 0.15) is 0 Å². The first-order valence-corrected chi connectivity index (χ1v) is 4.80. The van der Waals surface area contributed by atoms with E-state index in [-0.39, 0.29) is 6.04 Å². The van der Waals surface area contributed by atoms with E-state index in [4.69, 9.17) is 0 Å². The lowest BCUT2D eigenvalue weighted by atomic mass is 10.2. The average molecular weight is 216 g/mol. The third kappa shape index (κ3) is 2.47. The zero-order valence-electron chi connectivity index (χ0n) is 8.01. The first kappa shape index (κ1) is 10.4. The second-order valence-electron chi connectivity index (χ2n) is 3.64. The number of alkyl halides is 3. The lowest BCUT2D eigenvalue weighted by Crippen LogP contribution is -2.31. The van der Waals surface area contributed by atoms with E-state index in [0.717, 1.165) is 17.7 Å². The molecule has 1 aliphatic rings. The minimum Gasteiger partial charge on any atom is -0.300 e. The number of nitrogens with zero attached hydrogens (tertiary/aromatic N) is 1. The van der Waals surface area contributed by atoms with Crippen LogP contribution in [0.3, 0.4) is 0 Å². The lowest BCUT2D eigenvalue weighted by Gasteiger charge is -2.14. The Bertz CT molecular complexity index is 349. The monoisotopic (exact) mass is 216 g/mol. The first-order chi connectivity index (χ1) is 7.06. The van der Waals surface area contributed by atoms with Crippen molar-refractivity contribution in [2.24, 2.45) is 0 Å². The van der Waals surface area contributed by atoms with Crippen LogP contribution in [0.15, 0.2) is 18.3 Å². The normalized spacial score (nSPS) is 20.3. The van der Waals surface area contributed by atoms with Crippen molar-refractivity contribution in [2.75, 3.05) is 6.54 Å². The summed E-state index contributed by atoms with van der Waals surface area (Å²) in [6.07, 6.45) is -1.04. The van der Waals surface area contributed by atoms with Gasteiger partial charge in [0, 0.05) is 6.20 Å². The summed E-state index contributed by atoms with van der Waals surface area (Å²) in [5, 5.41) is 2.49. The van der Waals surface area contributed by atoms with Crippen LogP contribution in [0.25, 0.3) is 0 Å². The topological polar surface area (TPSA) is 24.9 Å². The number of pyridine rings is 1. The Kier molecular flexibility index (Phi) is 2.65. The molecule has 0 radical (unpaired) electrons. The smallest absolute Gasteiger partial charge is 0.300 e. The Morgan fingerprint density at radius 3 is 3.00 bits per heavy atom. The maximum atomic E-state index is 12.0. The fourth-order valence-electron chi connectivity index (χ4n) is 1.85. The highest BCUT2D eigenvalue weighted by Gasteiger charge is 2.31. The quantitative estimate of drug-likeness (QED) is 0.819. The standard InChI is InChI=1S/C10H11F3N2/c11-10(12,13)6-15-8-4-3-7-2-1-5-14-9(7)8/h1-2,5,8,15H,3-4,6H2. The van der Waals surface area contributed by atoms with Gasteiger partial charge in [0.25, 0.3) is 0 Å². The highest BCUT2D eigenvalue weighted by molar-refractivity contribution is 5.27. The highest BCUT2D eigenvalue weighted by atomic mass is 19.4. The third-order valence-corrected chi connectivity index (χ3v) is 2.51. The average Bonchev–Trinajstić information content (AvgIpc) is 2.57. The molecule has 1 atom stereocenters. The largest absolute Gasteiger partial charge is 0.401 e. The predicted octanol–water partition coefficient (Wildman–Crippen LogP) is 2.22. The van der Waals surface area contributed by atoms with Crippen molar-refractivity contribution in [3.63, 3.8) is 0 Å². The number of hydrogen-bond acceptors (Lipinski definition) is 2. The van der Waals surface area contributed by atoms with Crippen molar-refractivity contribution in [3.8, 4) is 0 Å². The van der Waals surface area contributed by atoms with E-state index in [1.807, 2.05) is 12.1 Å². The Labute approximate surface area is 85.5 Å². The SMILES string of the molecule is FC(F)(F)CNC1CCc2cccnc21. The summed E-state index contributed by atoms with van der Waals surface area (Å²) in [6, 6.07) is 3.48. The molecule has 1 aromatic heterocycles. The molecule has 0 saturated carbocycles. The zero-order valence-corrected chi connectivity index (χ0v) is 8.01. The van der Waals surface area contributed by atoms with E-state index in [1.54, 1.807) is 6.20 Å². The molecule has 1 aromatic rings. The molecule has 0 aliphatic heterocycles. The molecule has 5 heteroatoms. The second kappa shape index (κ2) is 3.81. The van der Waals surface area contributed by atoms with Gasteiger partial charge in [-0.3, -0.25) is 4.98 Å². The van der Waals surface area contributed by atoms with Crippen molar-refractivity contribution in [1.29, 1.82) is 0 Å². The van der Waals surface area contributed by atoms with Crippen molar-refractivity contribution >= 4 is 0 Å². The fraction of sp³-hybridized carbons (Fsp3) is 0.500. The van der Waals surface area contributed by atoms with Crippen LogP contribution in [-0.2, 0) is 6.42 Å². The van der Waals surface area contributed by atoms with Gasteiger partial charge in [-0.15, -0.1) is 0 Å². The lowest BCUT2D eigenvalue weighted by molar-refractivity contribution is -0.126. The van der Waals surface area contributed by atoms with Crippen molar-refractivity contribution in [3.05, 3.63) is 29.6 Å². The molecular formula is C10H11F3N2. The van der Waals surface area contributed by atoms with Gasteiger partial charge in [-0.1, -0.05) is 6.07 Å². The molecule has 1 N–H and O–H groups in total. The third-order valence-electron chi connectivity index (χ3n) is 2.51. The first-order valence-electron chi connectivity index (χ1n) is 4.80. The predicted molar refractivity (Wildman–Crippen MR) is 49.4 cm³/mol. The number of rotatable bonds is 2. The minimum absolute atomic E-state index is 0.247. The van der Waals surface area contributed by atoms with Crippen molar-refractivity contribution < 1.29 is 13.2 Å². The number of aryl methyl sites for hydroxylation is 1. The molecule has 1 aliphatic carbocycles. The summed E-state index contributed by atoms with van der Waals surface area (Å²) in [4.78, 5) is 4.11. The van der Waals surface area contributed by atoms with Crippen molar-refractivity contribution in [2.45, 2.75) is 25.1 Å². The Morgan fingerprint density at radius 1 is 1.47 bits per heavy atom. The minimum atomic E-state index is -4.16. The van der Waals surface area contributed by atoms with Gasteiger partial charge in [0.2, 0.25) is 0 Å². The van der Waals surface area contributed by atoms with Crippen LogP contribution in [0.4, 0.5) is 13.2 Å². The van der Waals surface area contributed by atoms with Crippen LogP contribution in [0.1, 0.15) is 23.7 Å². The van der Waals surface area contributed by atoms with Gasteiger partial charge in [-0.2, -0.15) is 13.2 Å². The Morgan fingerprint density at radius 2 is 2.27 bits per heavy atom. The van der Waals surface area contributed by atoms with Gasteiger partial charge < -0.3 is 5.32 Å². The van der Waals surface area contributed by atoms with Crippen LogP contribution in [0.5, 0.6) is 0 Å². The molecule has 0 amide bonds. The van der Waals surface area contributed by atoms with E-state index in [2.05, 4.69) is 10.3 Å². The Hall–Kier alpha value is -1.10. The highest BCUT2D eigenvalue weighted by Crippen LogP contribution is 2.29. The second-order valence-corrected chi connectivity index (χ2v) is 3.64. The molecule has 0 saturated heterocycles. The Balaban J connectivity index is 2.02. The molecule has 2 nitrogen and oxygen atoms in total. The van der Waals surface area contributed by atoms with Crippen LogP contribution in [0.2, 0.25) is 0 Å². The van der Waals surface area contributed by atoms with E-state index < -0.39 is 12.7 Å². The molecular weight excluding hydrogens is 205 g/mol. The number of halogens is 3. The molecule has 2 rings (SSSR count). The van der Waals surface area contributed by atoms with E-state index in [0.29, 0.717) is 6.42 Å². The summed E-state index contributed by atoms with van der Waals surface area (Å²) in [6.45, 7) is -0.951. The number of hydrogen-bond donors (Lipinski definition) is 1. The van der Waals surface area contributed by atoms with E-state index in [9.17, 15) is 13.2 Å². The van der Waals surface area contributed by atoms with Crippen LogP contribution < -0.4 is 5.32 Å². The molecule has 0 aromatic carbocycles. The summed E-state index contributed by atoms with van der Waals surface area (Å²) in [7, 11) is 0. The van der Waals surface area contributed by atoms with Gasteiger partial charge in [-0.05, 0) is 24.5 Å². The zero-order chi connectivity index (χ0) is 10.9.